The van der Waals surface area contributed by atoms with E-state index >= 15 is 0 Å². The molecular formula is C15H20N2O3. The molecule has 4 atom stereocenters. The van der Waals surface area contributed by atoms with Crippen molar-refractivity contribution >= 4 is 6.03 Å². The average molecular weight is 276 g/mol. The topological polar surface area (TPSA) is 73.6 Å². The number of nitrogens with one attached hydrogen (secondary N) is 1. The molecule has 2 saturated heterocycles. The molecule has 0 saturated carbocycles. The molecular weight excluding hydrogens is 256 g/mol. The SMILES string of the molecule is NC(=O)N[C@H]1CO[C@@H]2[C@@H](CCc3ccccc3)CO[C@@H]21. The van der Waals surface area contributed by atoms with E-state index in [0.29, 0.717) is 19.1 Å². The van der Waals surface area contributed by atoms with E-state index in [1.165, 1.54) is 5.56 Å². The van der Waals surface area contributed by atoms with Crippen LogP contribution in [0.4, 0.5) is 4.79 Å². The van der Waals surface area contributed by atoms with Gasteiger partial charge in [0.25, 0.3) is 0 Å². The Balaban J connectivity index is 1.54. The zero-order valence-corrected chi connectivity index (χ0v) is 11.3. The highest BCUT2D eigenvalue weighted by Crippen LogP contribution is 2.33. The first-order valence-corrected chi connectivity index (χ1v) is 7.07. The number of benzene rings is 1. The summed E-state index contributed by atoms with van der Waals surface area (Å²) in [6, 6.07) is 9.79. The summed E-state index contributed by atoms with van der Waals surface area (Å²) in [5.74, 6) is 0.389. The van der Waals surface area contributed by atoms with Crippen molar-refractivity contribution in [2.24, 2.45) is 11.7 Å². The summed E-state index contributed by atoms with van der Waals surface area (Å²) in [5.41, 5.74) is 6.50. The van der Waals surface area contributed by atoms with Gasteiger partial charge in [0.15, 0.2) is 0 Å². The van der Waals surface area contributed by atoms with Crippen molar-refractivity contribution in [1.29, 1.82) is 0 Å². The second-order valence-corrected chi connectivity index (χ2v) is 5.50. The number of carbonyl (C=O) groups is 1. The number of fused-ring (bicyclic) bond motifs is 1. The van der Waals surface area contributed by atoms with Crippen molar-refractivity contribution in [2.45, 2.75) is 31.1 Å². The van der Waals surface area contributed by atoms with Gasteiger partial charge in [0, 0.05) is 5.92 Å². The lowest BCUT2D eigenvalue weighted by molar-refractivity contribution is 0.0615. The molecule has 0 aromatic heterocycles. The van der Waals surface area contributed by atoms with Crippen LogP contribution in [0.15, 0.2) is 30.3 Å². The van der Waals surface area contributed by atoms with Gasteiger partial charge in [-0.15, -0.1) is 0 Å². The summed E-state index contributed by atoms with van der Waals surface area (Å²) >= 11 is 0. The quantitative estimate of drug-likeness (QED) is 0.864. The molecule has 0 aliphatic carbocycles. The fraction of sp³-hybridized carbons (Fsp3) is 0.533. The minimum absolute atomic E-state index is 0.0525. The van der Waals surface area contributed by atoms with Crippen LogP contribution in [0.3, 0.4) is 0 Å². The van der Waals surface area contributed by atoms with E-state index in [0.717, 1.165) is 12.8 Å². The second-order valence-electron chi connectivity index (χ2n) is 5.50. The zero-order valence-electron chi connectivity index (χ0n) is 11.3. The normalized spacial score (nSPS) is 32.0. The Hall–Kier alpha value is -1.59. The molecule has 3 rings (SSSR count). The number of nitrogens with two attached hydrogens (primary N) is 1. The van der Waals surface area contributed by atoms with Gasteiger partial charge in [0.1, 0.15) is 6.10 Å². The number of hydrogen-bond donors (Lipinski definition) is 2. The van der Waals surface area contributed by atoms with E-state index in [4.69, 9.17) is 15.2 Å². The molecule has 0 radical (unpaired) electrons. The van der Waals surface area contributed by atoms with E-state index in [9.17, 15) is 4.79 Å². The molecule has 2 aliphatic rings. The minimum atomic E-state index is -0.518. The number of amides is 2. The number of rotatable bonds is 4. The van der Waals surface area contributed by atoms with Gasteiger partial charge in [0.2, 0.25) is 0 Å². The zero-order chi connectivity index (χ0) is 13.9. The van der Waals surface area contributed by atoms with E-state index in [-0.39, 0.29) is 18.2 Å². The second kappa shape index (κ2) is 5.81. The molecule has 1 aromatic carbocycles. The fourth-order valence-corrected chi connectivity index (χ4v) is 3.13. The maximum Gasteiger partial charge on any atom is 0.312 e. The van der Waals surface area contributed by atoms with E-state index in [2.05, 4.69) is 29.6 Å². The molecule has 0 spiro atoms. The molecule has 108 valence electrons. The van der Waals surface area contributed by atoms with Crippen LogP contribution in [-0.4, -0.2) is 37.5 Å². The average Bonchev–Trinajstić information content (AvgIpc) is 3.01. The summed E-state index contributed by atoms with van der Waals surface area (Å²) in [6.45, 7) is 1.18. The Labute approximate surface area is 118 Å². The summed E-state index contributed by atoms with van der Waals surface area (Å²) < 4.78 is 11.6. The van der Waals surface area contributed by atoms with Gasteiger partial charge in [-0.25, -0.2) is 4.79 Å². The van der Waals surface area contributed by atoms with Gasteiger partial charge in [-0.2, -0.15) is 0 Å². The molecule has 1 aromatic rings. The van der Waals surface area contributed by atoms with Crippen molar-refractivity contribution in [3.05, 3.63) is 35.9 Å². The van der Waals surface area contributed by atoms with Gasteiger partial charge < -0.3 is 20.5 Å². The fourth-order valence-electron chi connectivity index (χ4n) is 3.13. The third-order valence-electron chi connectivity index (χ3n) is 4.13. The van der Waals surface area contributed by atoms with Crippen LogP contribution in [0, 0.1) is 5.92 Å². The van der Waals surface area contributed by atoms with Crippen molar-refractivity contribution in [3.63, 3.8) is 0 Å². The van der Waals surface area contributed by atoms with Gasteiger partial charge in [-0.05, 0) is 18.4 Å². The van der Waals surface area contributed by atoms with Crippen molar-refractivity contribution < 1.29 is 14.3 Å². The summed E-state index contributed by atoms with van der Waals surface area (Å²) in [5, 5.41) is 2.70. The third-order valence-corrected chi connectivity index (χ3v) is 4.13. The Morgan fingerprint density at radius 1 is 1.20 bits per heavy atom. The van der Waals surface area contributed by atoms with Crippen molar-refractivity contribution in [3.8, 4) is 0 Å². The van der Waals surface area contributed by atoms with E-state index in [1.807, 2.05) is 6.07 Å². The lowest BCUT2D eigenvalue weighted by atomic mass is 9.93. The molecule has 3 N–H and O–H groups in total. The van der Waals surface area contributed by atoms with Crippen molar-refractivity contribution in [2.75, 3.05) is 13.2 Å². The number of ether oxygens (including phenoxy) is 2. The van der Waals surface area contributed by atoms with Crippen LogP contribution in [-0.2, 0) is 15.9 Å². The first kappa shape index (κ1) is 13.4. The lowest BCUT2D eigenvalue weighted by Gasteiger charge is -2.16. The highest BCUT2D eigenvalue weighted by atomic mass is 16.6. The molecule has 0 unspecified atom stereocenters. The predicted octanol–water partition coefficient (Wildman–Crippen LogP) is 1.07. The Kier molecular flexibility index (Phi) is 3.89. The largest absolute Gasteiger partial charge is 0.373 e. The molecule has 2 amide bonds. The third kappa shape index (κ3) is 2.78. The highest BCUT2D eigenvalue weighted by molar-refractivity contribution is 5.72. The van der Waals surface area contributed by atoms with Crippen LogP contribution in [0.1, 0.15) is 12.0 Å². The Morgan fingerprint density at radius 3 is 2.70 bits per heavy atom. The standard InChI is InChI=1S/C15H20N2O3/c16-15(18)17-12-9-20-13-11(8-19-14(12)13)7-6-10-4-2-1-3-5-10/h1-5,11-14H,6-9H2,(H3,16,17,18)/t11-,12-,13+,14+/m0/s1. The molecule has 2 heterocycles. The maximum absolute atomic E-state index is 10.9. The molecule has 5 heteroatoms. The smallest absolute Gasteiger partial charge is 0.312 e. The molecule has 2 aliphatic heterocycles. The van der Waals surface area contributed by atoms with Crippen molar-refractivity contribution in [1.82, 2.24) is 5.32 Å². The van der Waals surface area contributed by atoms with Gasteiger partial charge in [0.05, 0.1) is 25.4 Å². The first-order chi connectivity index (χ1) is 9.74. The van der Waals surface area contributed by atoms with Gasteiger partial charge >= 0.3 is 6.03 Å². The number of hydrogen-bond acceptors (Lipinski definition) is 3. The molecule has 0 bridgehead atoms. The number of carbonyl (C=O) groups excluding carboxylic acids is 1. The minimum Gasteiger partial charge on any atom is -0.373 e. The van der Waals surface area contributed by atoms with Crippen LogP contribution < -0.4 is 11.1 Å². The van der Waals surface area contributed by atoms with Crippen LogP contribution in [0.2, 0.25) is 0 Å². The van der Waals surface area contributed by atoms with Gasteiger partial charge in [-0.3, -0.25) is 0 Å². The first-order valence-electron chi connectivity index (χ1n) is 7.07. The summed E-state index contributed by atoms with van der Waals surface area (Å²) in [4.78, 5) is 10.9. The Morgan fingerprint density at radius 2 is 1.95 bits per heavy atom. The number of aryl methyl sites for hydroxylation is 1. The number of urea groups is 1. The van der Waals surface area contributed by atoms with Crippen LogP contribution >= 0.6 is 0 Å². The summed E-state index contributed by atoms with van der Waals surface area (Å²) in [7, 11) is 0. The van der Waals surface area contributed by atoms with Crippen LogP contribution in [0.5, 0.6) is 0 Å². The Bertz CT molecular complexity index is 465. The predicted molar refractivity (Wildman–Crippen MR) is 74.2 cm³/mol. The highest BCUT2D eigenvalue weighted by Gasteiger charge is 2.47. The number of primary amides is 1. The lowest BCUT2D eigenvalue weighted by Crippen LogP contribution is -2.46. The van der Waals surface area contributed by atoms with Crippen LogP contribution in [0.25, 0.3) is 0 Å². The molecule has 20 heavy (non-hydrogen) atoms. The maximum atomic E-state index is 10.9. The van der Waals surface area contributed by atoms with Gasteiger partial charge in [-0.1, -0.05) is 30.3 Å². The van der Waals surface area contributed by atoms with E-state index < -0.39 is 6.03 Å². The molecule has 5 nitrogen and oxygen atoms in total. The summed E-state index contributed by atoms with van der Waals surface area (Å²) in [6.07, 6.45) is 2.09. The molecule has 2 fully saturated rings. The monoisotopic (exact) mass is 276 g/mol. The van der Waals surface area contributed by atoms with E-state index in [1.54, 1.807) is 0 Å².